The number of aromatic nitrogens is 3. The average molecular weight is 310 g/mol. The van der Waals surface area contributed by atoms with Gasteiger partial charge in [0.2, 0.25) is 5.88 Å². The van der Waals surface area contributed by atoms with E-state index in [-0.39, 0.29) is 5.91 Å². The monoisotopic (exact) mass is 310 g/mol. The molecule has 23 heavy (non-hydrogen) atoms. The molecule has 0 spiro atoms. The largest absolute Gasteiger partial charge is 0.481 e. The van der Waals surface area contributed by atoms with Gasteiger partial charge in [0.05, 0.1) is 30.0 Å². The Labute approximate surface area is 134 Å². The predicted molar refractivity (Wildman–Crippen MR) is 87.5 cm³/mol. The number of carbonyl (C=O) groups excluding carboxylic acids is 1. The summed E-state index contributed by atoms with van der Waals surface area (Å²) in [7, 11) is 1.54. The molecule has 0 radical (unpaired) electrons. The lowest BCUT2D eigenvalue weighted by Crippen LogP contribution is -2.25. The zero-order valence-electron chi connectivity index (χ0n) is 12.9. The highest BCUT2D eigenvalue weighted by molar-refractivity contribution is 5.93. The molecule has 3 rings (SSSR count). The van der Waals surface area contributed by atoms with Crippen molar-refractivity contribution in [2.45, 2.75) is 13.0 Å². The highest BCUT2D eigenvalue weighted by atomic mass is 16.5. The van der Waals surface area contributed by atoms with Crippen LogP contribution in [0.15, 0.2) is 48.9 Å². The van der Waals surface area contributed by atoms with Crippen LogP contribution >= 0.6 is 0 Å². The van der Waals surface area contributed by atoms with Gasteiger partial charge in [0.25, 0.3) is 5.91 Å². The minimum Gasteiger partial charge on any atom is -0.481 e. The second-order valence-electron chi connectivity index (χ2n) is 5.13. The molecule has 1 N–H and O–H groups in total. The van der Waals surface area contributed by atoms with E-state index in [9.17, 15) is 4.79 Å². The summed E-state index contributed by atoms with van der Waals surface area (Å²) in [6, 6.07) is 11.4. The maximum absolute atomic E-state index is 12.0. The molecule has 6 heteroatoms. The number of rotatable bonds is 6. The normalized spacial score (nSPS) is 10.7. The Morgan fingerprint density at radius 2 is 2.09 bits per heavy atom. The molecule has 0 fully saturated rings. The highest BCUT2D eigenvalue weighted by Gasteiger charge is 2.06. The van der Waals surface area contributed by atoms with Gasteiger partial charge in [-0.05, 0) is 24.6 Å². The number of nitrogens with zero attached hydrogens (tertiary/aromatic N) is 3. The van der Waals surface area contributed by atoms with E-state index in [1.807, 2.05) is 30.6 Å². The lowest BCUT2D eigenvalue weighted by atomic mass is 10.2. The van der Waals surface area contributed by atoms with Crippen molar-refractivity contribution in [1.29, 1.82) is 0 Å². The van der Waals surface area contributed by atoms with Crippen molar-refractivity contribution in [2.75, 3.05) is 13.7 Å². The SMILES string of the molecule is COc1ccc(C(=O)NCCCn2cnc3ccccc32)cn1. The molecule has 0 bridgehead atoms. The molecule has 0 saturated carbocycles. The Kier molecular flexibility index (Phi) is 4.52. The van der Waals surface area contributed by atoms with Crippen LogP contribution in [0.3, 0.4) is 0 Å². The van der Waals surface area contributed by atoms with Crippen molar-refractivity contribution < 1.29 is 9.53 Å². The summed E-state index contributed by atoms with van der Waals surface area (Å²) in [5.74, 6) is 0.365. The summed E-state index contributed by atoms with van der Waals surface area (Å²) in [5, 5.41) is 2.89. The van der Waals surface area contributed by atoms with Gasteiger partial charge in [0, 0.05) is 25.4 Å². The number of amides is 1. The molecule has 0 aliphatic rings. The van der Waals surface area contributed by atoms with Gasteiger partial charge < -0.3 is 14.6 Å². The molecule has 1 aromatic carbocycles. The number of benzene rings is 1. The number of ether oxygens (including phenoxy) is 1. The fraction of sp³-hybridized carbons (Fsp3) is 0.235. The zero-order valence-corrected chi connectivity index (χ0v) is 12.9. The van der Waals surface area contributed by atoms with E-state index in [0.717, 1.165) is 24.0 Å². The third-order valence-electron chi connectivity index (χ3n) is 3.60. The Balaban J connectivity index is 1.50. The van der Waals surface area contributed by atoms with Crippen LogP contribution in [0.5, 0.6) is 5.88 Å². The van der Waals surface area contributed by atoms with Crippen LogP contribution in [0.1, 0.15) is 16.8 Å². The molecule has 0 atom stereocenters. The summed E-state index contributed by atoms with van der Waals surface area (Å²) in [5.41, 5.74) is 2.62. The molecule has 6 nitrogen and oxygen atoms in total. The number of nitrogens with one attached hydrogen (secondary N) is 1. The lowest BCUT2D eigenvalue weighted by Gasteiger charge is -2.07. The van der Waals surface area contributed by atoms with Crippen LogP contribution < -0.4 is 10.1 Å². The Bertz CT molecular complexity index is 796. The summed E-state index contributed by atoms with van der Waals surface area (Å²) in [6.07, 6.45) is 4.17. The van der Waals surface area contributed by atoms with Gasteiger partial charge >= 0.3 is 0 Å². The van der Waals surface area contributed by atoms with Gasteiger partial charge in [-0.25, -0.2) is 9.97 Å². The number of carbonyl (C=O) groups is 1. The van der Waals surface area contributed by atoms with Gasteiger partial charge in [-0.3, -0.25) is 4.79 Å². The second-order valence-corrected chi connectivity index (χ2v) is 5.13. The number of hydrogen-bond acceptors (Lipinski definition) is 4. The van der Waals surface area contributed by atoms with Crippen LogP contribution in [0.2, 0.25) is 0 Å². The Morgan fingerprint density at radius 1 is 1.22 bits per heavy atom. The van der Waals surface area contributed by atoms with Gasteiger partial charge in [-0.1, -0.05) is 12.1 Å². The topological polar surface area (TPSA) is 69.0 Å². The lowest BCUT2D eigenvalue weighted by molar-refractivity contribution is 0.0952. The average Bonchev–Trinajstić information content (AvgIpc) is 3.02. The molecular weight excluding hydrogens is 292 g/mol. The Morgan fingerprint density at radius 3 is 2.87 bits per heavy atom. The van der Waals surface area contributed by atoms with Crippen LogP contribution in [0.4, 0.5) is 0 Å². The van der Waals surface area contributed by atoms with E-state index >= 15 is 0 Å². The fourth-order valence-corrected chi connectivity index (χ4v) is 2.38. The Hall–Kier alpha value is -2.89. The highest BCUT2D eigenvalue weighted by Crippen LogP contribution is 2.12. The first-order valence-corrected chi connectivity index (χ1v) is 7.46. The number of hydrogen-bond donors (Lipinski definition) is 1. The van der Waals surface area contributed by atoms with Crippen molar-refractivity contribution >= 4 is 16.9 Å². The van der Waals surface area contributed by atoms with Gasteiger partial charge in [0.1, 0.15) is 0 Å². The zero-order chi connectivity index (χ0) is 16.1. The van der Waals surface area contributed by atoms with Crippen molar-refractivity contribution in [3.63, 3.8) is 0 Å². The van der Waals surface area contributed by atoms with Gasteiger partial charge in [0.15, 0.2) is 0 Å². The minimum atomic E-state index is -0.129. The molecule has 0 unspecified atom stereocenters. The van der Waals surface area contributed by atoms with Crippen LogP contribution in [-0.4, -0.2) is 34.1 Å². The van der Waals surface area contributed by atoms with E-state index in [4.69, 9.17) is 4.74 Å². The third-order valence-corrected chi connectivity index (χ3v) is 3.60. The number of methoxy groups -OCH3 is 1. The number of imidazole rings is 1. The van der Waals surface area contributed by atoms with Crippen LogP contribution in [-0.2, 0) is 6.54 Å². The van der Waals surface area contributed by atoms with E-state index in [1.165, 1.54) is 6.20 Å². The number of para-hydroxylation sites is 2. The van der Waals surface area contributed by atoms with Crippen molar-refractivity contribution in [2.24, 2.45) is 0 Å². The molecule has 0 aliphatic heterocycles. The third kappa shape index (κ3) is 3.48. The van der Waals surface area contributed by atoms with Crippen molar-refractivity contribution in [3.05, 3.63) is 54.5 Å². The first-order valence-electron chi connectivity index (χ1n) is 7.46. The molecule has 2 heterocycles. The molecule has 2 aromatic heterocycles. The molecule has 118 valence electrons. The molecule has 0 saturated heterocycles. The van der Waals surface area contributed by atoms with Gasteiger partial charge in [-0.15, -0.1) is 0 Å². The molecular formula is C17H18N4O2. The maximum Gasteiger partial charge on any atom is 0.252 e. The van der Waals surface area contributed by atoms with Gasteiger partial charge in [-0.2, -0.15) is 0 Å². The molecule has 3 aromatic rings. The maximum atomic E-state index is 12.0. The molecule has 1 amide bonds. The van der Waals surface area contributed by atoms with E-state index in [2.05, 4.69) is 19.9 Å². The summed E-state index contributed by atoms with van der Waals surface area (Å²) >= 11 is 0. The summed E-state index contributed by atoms with van der Waals surface area (Å²) in [4.78, 5) is 20.4. The minimum absolute atomic E-state index is 0.129. The number of pyridine rings is 1. The quantitative estimate of drug-likeness (QED) is 0.709. The van der Waals surface area contributed by atoms with Crippen LogP contribution in [0.25, 0.3) is 11.0 Å². The van der Waals surface area contributed by atoms with E-state index < -0.39 is 0 Å². The molecule has 0 aliphatic carbocycles. The van der Waals surface area contributed by atoms with Crippen LogP contribution in [0, 0.1) is 0 Å². The van der Waals surface area contributed by atoms with Crippen molar-refractivity contribution in [3.8, 4) is 5.88 Å². The number of aryl methyl sites for hydroxylation is 1. The fourth-order valence-electron chi connectivity index (χ4n) is 2.38. The number of fused-ring (bicyclic) bond motifs is 1. The van der Waals surface area contributed by atoms with E-state index in [1.54, 1.807) is 19.2 Å². The standard InChI is InChI=1S/C17H18N4O2/c1-23-16-8-7-13(11-19-16)17(22)18-9-4-10-21-12-20-14-5-2-3-6-15(14)21/h2-3,5-8,11-12H,4,9-10H2,1H3,(H,18,22). The first kappa shape index (κ1) is 15.0. The predicted octanol–water partition coefficient (Wildman–Crippen LogP) is 2.26. The first-order chi connectivity index (χ1) is 11.3. The smallest absolute Gasteiger partial charge is 0.252 e. The summed E-state index contributed by atoms with van der Waals surface area (Å²) < 4.78 is 7.07. The second kappa shape index (κ2) is 6.91. The van der Waals surface area contributed by atoms with E-state index in [0.29, 0.717) is 18.0 Å². The summed E-state index contributed by atoms with van der Waals surface area (Å²) in [6.45, 7) is 1.40. The van der Waals surface area contributed by atoms with Crippen molar-refractivity contribution in [1.82, 2.24) is 19.9 Å².